The van der Waals surface area contributed by atoms with Gasteiger partial charge < -0.3 is 0 Å². The molecule has 0 aliphatic carbocycles. The molecule has 0 atom stereocenters. The van der Waals surface area contributed by atoms with E-state index in [0.717, 1.165) is 6.07 Å². The number of aryl methyl sites for hydroxylation is 1. The first kappa shape index (κ1) is 10.9. The van der Waals surface area contributed by atoms with Gasteiger partial charge >= 0.3 is 10.2 Å². The number of halogens is 3. The summed E-state index contributed by atoms with van der Waals surface area (Å²) in [6.07, 6.45) is 0. The molecule has 0 radical (unpaired) electrons. The van der Waals surface area contributed by atoms with E-state index in [1.807, 2.05) is 0 Å². The lowest BCUT2D eigenvalue weighted by atomic mass is 10.2. The minimum absolute atomic E-state index is 0.168. The lowest BCUT2D eigenvalue weighted by molar-refractivity contribution is 0.551. The Hall–Kier alpha value is -0.130. The van der Waals surface area contributed by atoms with Crippen LogP contribution < -0.4 is 0 Å². The van der Waals surface area contributed by atoms with Gasteiger partial charge in [-0.15, -0.1) is 3.89 Å². The normalized spacial score (nSPS) is 11.7. The molecule has 0 fully saturated rings. The molecule has 0 aromatic heterocycles. The summed E-state index contributed by atoms with van der Waals surface area (Å²) in [6, 6.07) is 2.53. The van der Waals surface area contributed by atoms with Crippen molar-refractivity contribution in [1.29, 1.82) is 0 Å². The van der Waals surface area contributed by atoms with Crippen LogP contribution in [0, 0.1) is 6.92 Å². The third-order valence-electron chi connectivity index (χ3n) is 1.48. The van der Waals surface area contributed by atoms with Gasteiger partial charge in [0.15, 0.2) is 0 Å². The maximum absolute atomic E-state index is 12.6. The number of rotatable bonds is 1. The SMILES string of the molecule is Cc1cc(Br)c(Cl)cc1S(=O)(=O)F. The van der Waals surface area contributed by atoms with E-state index in [4.69, 9.17) is 11.6 Å². The predicted molar refractivity (Wildman–Crippen MR) is 52.2 cm³/mol. The molecule has 0 aliphatic rings. The van der Waals surface area contributed by atoms with Crippen LogP contribution in [0.25, 0.3) is 0 Å². The van der Waals surface area contributed by atoms with Crippen LogP contribution in [0.2, 0.25) is 5.02 Å². The van der Waals surface area contributed by atoms with Crippen LogP contribution in [0.5, 0.6) is 0 Å². The van der Waals surface area contributed by atoms with E-state index < -0.39 is 10.2 Å². The summed E-state index contributed by atoms with van der Waals surface area (Å²) in [5.74, 6) is 0. The Morgan fingerprint density at radius 3 is 2.46 bits per heavy atom. The number of benzene rings is 1. The number of hydrogen-bond acceptors (Lipinski definition) is 2. The summed E-state index contributed by atoms with van der Waals surface area (Å²) in [5, 5.41) is 0.168. The first-order valence-corrected chi connectivity index (χ1v) is 5.78. The van der Waals surface area contributed by atoms with Crippen molar-refractivity contribution >= 4 is 37.8 Å². The Morgan fingerprint density at radius 1 is 1.46 bits per heavy atom. The largest absolute Gasteiger partial charge is 0.332 e. The van der Waals surface area contributed by atoms with Crippen molar-refractivity contribution in [3.63, 3.8) is 0 Å². The molecule has 0 unspecified atom stereocenters. The monoisotopic (exact) mass is 286 g/mol. The average molecular weight is 288 g/mol. The van der Waals surface area contributed by atoms with Crippen molar-refractivity contribution < 1.29 is 12.3 Å². The zero-order chi connectivity index (χ0) is 10.2. The van der Waals surface area contributed by atoms with Crippen LogP contribution in [-0.4, -0.2) is 8.42 Å². The highest BCUT2D eigenvalue weighted by Gasteiger charge is 2.16. The fourth-order valence-corrected chi connectivity index (χ4v) is 2.28. The summed E-state index contributed by atoms with van der Waals surface area (Å²) in [4.78, 5) is -0.388. The second kappa shape index (κ2) is 3.55. The maximum Gasteiger partial charge on any atom is 0.332 e. The van der Waals surface area contributed by atoms with Crippen molar-refractivity contribution in [3.8, 4) is 0 Å². The minimum Gasteiger partial charge on any atom is -0.189 e. The summed E-state index contributed by atoms with van der Waals surface area (Å²) in [7, 11) is -4.68. The van der Waals surface area contributed by atoms with Gasteiger partial charge in [-0.05, 0) is 40.5 Å². The molecular formula is C7H5BrClFO2S. The van der Waals surface area contributed by atoms with E-state index in [9.17, 15) is 12.3 Å². The van der Waals surface area contributed by atoms with Gasteiger partial charge in [-0.2, -0.15) is 8.42 Å². The smallest absolute Gasteiger partial charge is 0.189 e. The maximum atomic E-state index is 12.6. The Balaban J connectivity index is 3.50. The third kappa shape index (κ3) is 2.42. The highest BCUT2D eigenvalue weighted by atomic mass is 79.9. The van der Waals surface area contributed by atoms with Crippen molar-refractivity contribution in [1.82, 2.24) is 0 Å². The molecule has 0 aliphatic heterocycles. The quantitative estimate of drug-likeness (QED) is 0.744. The summed E-state index contributed by atoms with van der Waals surface area (Å²) >= 11 is 8.71. The second-order valence-electron chi connectivity index (χ2n) is 2.47. The molecular weight excluding hydrogens is 282 g/mol. The fraction of sp³-hybridized carbons (Fsp3) is 0.143. The molecule has 0 N–H and O–H groups in total. The van der Waals surface area contributed by atoms with Crippen molar-refractivity contribution in [3.05, 3.63) is 27.2 Å². The molecule has 6 heteroatoms. The van der Waals surface area contributed by atoms with E-state index in [-0.39, 0.29) is 9.92 Å². The minimum atomic E-state index is -4.68. The molecule has 0 spiro atoms. The van der Waals surface area contributed by atoms with E-state index in [0.29, 0.717) is 10.0 Å². The van der Waals surface area contributed by atoms with Crippen molar-refractivity contribution in [2.45, 2.75) is 11.8 Å². The van der Waals surface area contributed by atoms with E-state index >= 15 is 0 Å². The third-order valence-corrected chi connectivity index (χ3v) is 3.64. The highest BCUT2D eigenvalue weighted by molar-refractivity contribution is 9.10. The van der Waals surface area contributed by atoms with Gasteiger partial charge in [0.25, 0.3) is 0 Å². The molecule has 0 saturated heterocycles. The lowest BCUT2D eigenvalue weighted by Crippen LogP contribution is -1.95. The topological polar surface area (TPSA) is 34.1 Å². The van der Waals surface area contributed by atoms with Crippen molar-refractivity contribution in [2.24, 2.45) is 0 Å². The van der Waals surface area contributed by atoms with Gasteiger partial charge in [0.1, 0.15) is 4.90 Å². The standard InChI is InChI=1S/C7H5BrClFO2S/c1-4-2-5(8)6(9)3-7(4)13(10,11)12/h2-3H,1H3. The highest BCUT2D eigenvalue weighted by Crippen LogP contribution is 2.29. The van der Waals surface area contributed by atoms with Gasteiger partial charge in [-0.3, -0.25) is 0 Å². The van der Waals surface area contributed by atoms with Gasteiger partial charge in [-0.25, -0.2) is 0 Å². The molecule has 0 heterocycles. The molecule has 1 aromatic rings. The average Bonchev–Trinajstić information content (AvgIpc) is 1.94. The molecule has 1 rings (SSSR count). The Bertz CT molecular complexity index is 444. The lowest BCUT2D eigenvalue weighted by Gasteiger charge is -2.02. The van der Waals surface area contributed by atoms with E-state index in [2.05, 4.69) is 15.9 Å². The first-order chi connectivity index (χ1) is 5.82. The van der Waals surface area contributed by atoms with Crippen molar-refractivity contribution in [2.75, 3.05) is 0 Å². The van der Waals surface area contributed by atoms with E-state index in [1.54, 1.807) is 0 Å². The fourth-order valence-electron chi connectivity index (χ4n) is 0.891. The van der Waals surface area contributed by atoms with Crippen LogP contribution in [0.4, 0.5) is 3.89 Å². The number of hydrogen-bond donors (Lipinski definition) is 0. The predicted octanol–water partition coefficient (Wildman–Crippen LogP) is 3.07. The Kier molecular flexibility index (Phi) is 2.99. The molecule has 0 bridgehead atoms. The Morgan fingerprint density at radius 2 is 2.00 bits per heavy atom. The first-order valence-electron chi connectivity index (χ1n) is 3.22. The van der Waals surface area contributed by atoms with Crippen LogP contribution in [-0.2, 0) is 10.2 Å². The van der Waals surface area contributed by atoms with Gasteiger partial charge in [0.2, 0.25) is 0 Å². The van der Waals surface area contributed by atoms with Crippen LogP contribution >= 0.6 is 27.5 Å². The summed E-state index contributed by atoms with van der Waals surface area (Å²) in [5.41, 5.74) is 0.318. The molecule has 13 heavy (non-hydrogen) atoms. The zero-order valence-corrected chi connectivity index (χ0v) is 9.67. The van der Waals surface area contributed by atoms with E-state index in [1.165, 1.54) is 13.0 Å². The molecule has 2 nitrogen and oxygen atoms in total. The van der Waals surface area contributed by atoms with Gasteiger partial charge in [0.05, 0.1) is 5.02 Å². The Labute approximate surface area is 89.1 Å². The zero-order valence-electron chi connectivity index (χ0n) is 6.51. The van der Waals surface area contributed by atoms with Gasteiger partial charge in [0, 0.05) is 4.47 Å². The molecule has 1 aromatic carbocycles. The molecule has 0 saturated carbocycles. The molecule has 72 valence electrons. The van der Waals surface area contributed by atoms with Crippen LogP contribution in [0.15, 0.2) is 21.5 Å². The molecule has 0 amide bonds. The summed E-state index contributed by atoms with van der Waals surface area (Å²) < 4.78 is 34.3. The van der Waals surface area contributed by atoms with Crippen LogP contribution in [0.3, 0.4) is 0 Å². The second-order valence-corrected chi connectivity index (χ2v) is 5.05. The van der Waals surface area contributed by atoms with Gasteiger partial charge in [-0.1, -0.05) is 11.6 Å². The summed E-state index contributed by atoms with van der Waals surface area (Å²) in [6.45, 7) is 1.49. The van der Waals surface area contributed by atoms with Crippen LogP contribution in [0.1, 0.15) is 5.56 Å².